The van der Waals surface area contributed by atoms with Crippen LogP contribution in [0.3, 0.4) is 0 Å². The van der Waals surface area contributed by atoms with Crippen molar-refractivity contribution >= 4 is 16.7 Å². The molecule has 0 radical (unpaired) electrons. The minimum Gasteiger partial charge on any atom is -0.354 e. The molecule has 0 bridgehead atoms. The van der Waals surface area contributed by atoms with Gasteiger partial charge in [0.05, 0.1) is 0 Å². The Morgan fingerprint density at radius 1 is 1.71 bits per heavy atom. The second-order valence-electron chi connectivity index (χ2n) is 3.23. The summed E-state index contributed by atoms with van der Waals surface area (Å²) in [5, 5.41) is 3.33. The van der Waals surface area contributed by atoms with Crippen LogP contribution in [-0.2, 0) is 17.3 Å². The molecule has 1 heterocycles. The first-order valence-corrected chi connectivity index (χ1v) is 6.34. The Kier molecular flexibility index (Phi) is 4.13. The van der Waals surface area contributed by atoms with E-state index in [1.165, 1.54) is 0 Å². The highest BCUT2D eigenvalue weighted by atomic mass is 32.2. The minimum absolute atomic E-state index is 0.150. The largest absolute Gasteiger partial charge is 0.354 e. The molecule has 0 spiro atoms. The summed E-state index contributed by atoms with van der Waals surface area (Å²) in [6.45, 7) is 5.61. The number of imidazole rings is 1. The van der Waals surface area contributed by atoms with Crippen LogP contribution in [0.1, 0.15) is 13.8 Å². The lowest BCUT2D eigenvalue weighted by Gasteiger charge is -2.11. The minimum atomic E-state index is -0.780. The second-order valence-corrected chi connectivity index (χ2v) is 5.03. The van der Waals surface area contributed by atoms with E-state index in [0.29, 0.717) is 6.54 Å². The average molecular weight is 215 g/mol. The molecule has 80 valence electrons. The van der Waals surface area contributed by atoms with Crippen LogP contribution in [0.25, 0.3) is 0 Å². The Balaban J connectivity index is 2.49. The van der Waals surface area contributed by atoms with E-state index in [2.05, 4.69) is 17.2 Å². The SMILES string of the molecule is CCn1ccnc1NCC(C)S(C)=O. The van der Waals surface area contributed by atoms with Gasteiger partial charge in [0.1, 0.15) is 0 Å². The zero-order chi connectivity index (χ0) is 10.6. The van der Waals surface area contributed by atoms with E-state index in [4.69, 9.17) is 0 Å². The Bertz CT molecular complexity index is 311. The normalized spacial score (nSPS) is 15.1. The highest BCUT2D eigenvalue weighted by molar-refractivity contribution is 7.84. The average Bonchev–Trinajstić information content (AvgIpc) is 2.60. The maximum Gasteiger partial charge on any atom is 0.202 e. The van der Waals surface area contributed by atoms with Gasteiger partial charge in [-0.1, -0.05) is 0 Å². The Hall–Kier alpha value is -0.840. The number of anilines is 1. The van der Waals surface area contributed by atoms with E-state index < -0.39 is 10.8 Å². The molecule has 1 aromatic heterocycles. The monoisotopic (exact) mass is 215 g/mol. The van der Waals surface area contributed by atoms with Crippen LogP contribution < -0.4 is 5.32 Å². The van der Waals surface area contributed by atoms with Crippen LogP contribution in [0.2, 0.25) is 0 Å². The van der Waals surface area contributed by atoms with Gasteiger partial charge in [0.2, 0.25) is 5.95 Å². The van der Waals surface area contributed by atoms with E-state index in [1.54, 1.807) is 12.5 Å². The molecule has 0 aliphatic carbocycles. The number of rotatable bonds is 5. The van der Waals surface area contributed by atoms with Crippen molar-refractivity contribution in [3.05, 3.63) is 12.4 Å². The van der Waals surface area contributed by atoms with Gasteiger partial charge in [-0.25, -0.2) is 4.98 Å². The maximum atomic E-state index is 11.1. The summed E-state index contributed by atoms with van der Waals surface area (Å²) < 4.78 is 13.1. The summed E-state index contributed by atoms with van der Waals surface area (Å²) in [6, 6.07) is 0. The number of hydrogen-bond donors (Lipinski definition) is 1. The first-order valence-electron chi connectivity index (χ1n) is 4.72. The fourth-order valence-electron chi connectivity index (χ4n) is 1.08. The van der Waals surface area contributed by atoms with Gasteiger partial charge >= 0.3 is 0 Å². The molecule has 0 aromatic carbocycles. The van der Waals surface area contributed by atoms with Crippen molar-refractivity contribution < 1.29 is 4.21 Å². The van der Waals surface area contributed by atoms with Crippen molar-refractivity contribution in [1.29, 1.82) is 0 Å². The van der Waals surface area contributed by atoms with Crippen LogP contribution in [-0.4, -0.2) is 31.8 Å². The van der Waals surface area contributed by atoms with Crippen LogP contribution in [0.15, 0.2) is 12.4 Å². The lowest BCUT2D eigenvalue weighted by Crippen LogP contribution is -2.22. The van der Waals surface area contributed by atoms with Gasteiger partial charge in [-0.2, -0.15) is 0 Å². The van der Waals surface area contributed by atoms with Gasteiger partial charge in [-0.05, 0) is 13.8 Å². The summed E-state index contributed by atoms with van der Waals surface area (Å²) >= 11 is 0. The zero-order valence-corrected chi connectivity index (χ0v) is 9.67. The van der Waals surface area contributed by atoms with Crippen molar-refractivity contribution in [3.63, 3.8) is 0 Å². The van der Waals surface area contributed by atoms with Crippen molar-refractivity contribution in [2.45, 2.75) is 25.6 Å². The van der Waals surface area contributed by atoms with Gasteiger partial charge in [0.25, 0.3) is 0 Å². The van der Waals surface area contributed by atoms with Gasteiger partial charge in [0.15, 0.2) is 0 Å². The zero-order valence-electron chi connectivity index (χ0n) is 8.86. The van der Waals surface area contributed by atoms with Crippen molar-refractivity contribution in [1.82, 2.24) is 9.55 Å². The summed E-state index contributed by atoms with van der Waals surface area (Å²) in [4.78, 5) is 4.17. The fourth-order valence-corrected chi connectivity index (χ4v) is 1.40. The van der Waals surface area contributed by atoms with Gasteiger partial charge in [-0.15, -0.1) is 0 Å². The standard InChI is InChI=1S/C9H17N3OS/c1-4-12-6-5-10-9(12)11-7-8(2)14(3)13/h5-6,8H,4,7H2,1-3H3,(H,10,11). The Morgan fingerprint density at radius 3 is 3.00 bits per heavy atom. The van der Waals surface area contributed by atoms with Gasteiger partial charge in [-0.3, -0.25) is 4.21 Å². The predicted octanol–water partition coefficient (Wildman–Crippen LogP) is 1.08. The number of hydrogen-bond acceptors (Lipinski definition) is 3. The molecule has 14 heavy (non-hydrogen) atoms. The van der Waals surface area contributed by atoms with Crippen LogP contribution in [0.4, 0.5) is 5.95 Å². The summed E-state index contributed by atoms with van der Waals surface area (Å²) in [7, 11) is -0.780. The molecule has 1 aromatic rings. The highest BCUT2D eigenvalue weighted by Crippen LogP contribution is 2.04. The third kappa shape index (κ3) is 2.83. The number of aryl methyl sites for hydroxylation is 1. The summed E-state index contributed by atoms with van der Waals surface area (Å²) in [6.07, 6.45) is 5.41. The van der Waals surface area contributed by atoms with Gasteiger partial charge in [0, 0.05) is 47.8 Å². The van der Waals surface area contributed by atoms with E-state index in [1.807, 2.05) is 17.7 Å². The molecular formula is C9H17N3OS. The summed E-state index contributed by atoms with van der Waals surface area (Å²) in [5.74, 6) is 0.852. The Labute approximate surface area is 87.2 Å². The first kappa shape index (κ1) is 11.2. The van der Waals surface area contributed by atoms with Gasteiger partial charge < -0.3 is 9.88 Å². The molecule has 0 saturated carbocycles. The molecule has 1 rings (SSSR count). The van der Waals surface area contributed by atoms with E-state index in [0.717, 1.165) is 12.5 Å². The first-order chi connectivity index (χ1) is 6.65. The molecule has 2 unspecified atom stereocenters. The molecule has 0 fully saturated rings. The van der Waals surface area contributed by atoms with Crippen molar-refractivity contribution in [3.8, 4) is 0 Å². The molecule has 0 aliphatic rings. The molecule has 2 atom stereocenters. The smallest absolute Gasteiger partial charge is 0.202 e. The summed E-state index contributed by atoms with van der Waals surface area (Å²) in [5.41, 5.74) is 0. The number of nitrogens with zero attached hydrogens (tertiary/aromatic N) is 2. The van der Waals surface area contributed by atoms with E-state index in [-0.39, 0.29) is 5.25 Å². The molecule has 0 saturated heterocycles. The van der Waals surface area contributed by atoms with Crippen LogP contribution >= 0.6 is 0 Å². The molecular weight excluding hydrogens is 198 g/mol. The molecule has 1 N–H and O–H groups in total. The quantitative estimate of drug-likeness (QED) is 0.799. The van der Waals surface area contributed by atoms with E-state index >= 15 is 0 Å². The lowest BCUT2D eigenvalue weighted by atomic mass is 10.5. The molecule has 0 aliphatic heterocycles. The van der Waals surface area contributed by atoms with E-state index in [9.17, 15) is 4.21 Å². The van der Waals surface area contributed by atoms with Crippen LogP contribution in [0, 0.1) is 0 Å². The molecule has 5 heteroatoms. The van der Waals surface area contributed by atoms with Crippen molar-refractivity contribution in [2.75, 3.05) is 18.1 Å². The third-order valence-electron chi connectivity index (χ3n) is 2.17. The highest BCUT2D eigenvalue weighted by Gasteiger charge is 2.07. The lowest BCUT2D eigenvalue weighted by molar-refractivity contribution is 0.678. The van der Waals surface area contributed by atoms with Crippen LogP contribution in [0.5, 0.6) is 0 Å². The number of nitrogens with one attached hydrogen (secondary N) is 1. The predicted molar refractivity (Wildman–Crippen MR) is 59.9 cm³/mol. The Morgan fingerprint density at radius 2 is 2.43 bits per heavy atom. The third-order valence-corrected chi connectivity index (χ3v) is 3.47. The molecule has 4 nitrogen and oxygen atoms in total. The maximum absolute atomic E-state index is 11.1. The fraction of sp³-hybridized carbons (Fsp3) is 0.667. The topological polar surface area (TPSA) is 46.9 Å². The van der Waals surface area contributed by atoms with Crippen molar-refractivity contribution in [2.24, 2.45) is 0 Å². The molecule has 0 amide bonds. The number of aromatic nitrogens is 2. The second kappa shape index (κ2) is 5.14.